The number of aryl methyl sites for hydroxylation is 1. The first-order valence-corrected chi connectivity index (χ1v) is 8.64. The van der Waals surface area contributed by atoms with E-state index >= 15 is 0 Å². The molecule has 0 aliphatic carbocycles. The molecule has 26 heavy (non-hydrogen) atoms. The number of hydrogen-bond donors (Lipinski definition) is 1. The van der Waals surface area contributed by atoms with E-state index < -0.39 is 36.4 Å². The fraction of sp³-hybridized carbons (Fsp3) is 0.353. The van der Waals surface area contributed by atoms with Crippen molar-refractivity contribution in [3.63, 3.8) is 0 Å². The second kappa shape index (κ2) is 6.39. The number of halogens is 3. The van der Waals surface area contributed by atoms with E-state index in [-0.39, 0.29) is 12.1 Å². The Morgan fingerprint density at radius 3 is 2.62 bits per heavy atom. The van der Waals surface area contributed by atoms with Crippen molar-refractivity contribution in [2.24, 2.45) is 5.41 Å². The van der Waals surface area contributed by atoms with Crippen LogP contribution in [0, 0.1) is 12.3 Å². The summed E-state index contributed by atoms with van der Waals surface area (Å²) in [6.07, 6.45) is -5.57. The van der Waals surface area contributed by atoms with Crippen molar-refractivity contribution in [2.75, 3.05) is 13.1 Å². The van der Waals surface area contributed by atoms with Crippen molar-refractivity contribution in [3.8, 4) is 11.3 Å². The van der Waals surface area contributed by atoms with Crippen LogP contribution >= 0.6 is 11.3 Å². The first-order valence-electron chi connectivity index (χ1n) is 7.76. The molecule has 2 heterocycles. The highest BCUT2D eigenvalue weighted by molar-refractivity contribution is 7.09. The predicted octanol–water partition coefficient (Wildman–Crippen LogP) is 3.60. The van der Waals surface area contributed by atoms with Gasteiger partial charge in [0.25, 0.3) is 5.91 Å². The predicted molar refractivity (Wildman–Crippen MR) is 88.9 cm³/mol. The third-order valence-corrected chi connectivity index (χ3v) is 5.31. The lowest BCUT2D eigenvalue weighted by atomic mass is 9.86. The molecule has 1 unspecified atom stereocenters. The SMILES string of the molecule is Cc1nc(-c2cccc(C(=O)N3CCC(C(=O)O)(C(F)(F)F)C3)c2)cs1. The van der Waals surface area contributed by atoms with Crippen LogP contribution in [0.5, 0.6) is 0 Å². The summed E-state index contributed by atoms with van der Waals surface area (Å²) in [6, 6.07) is 6.44. The lowest BCUT2D eigenvalue weighted by Gasteiger charge is -2.27. The number of thiazole rings is 1. The highest BCUT2D eigenvalue weighted by Crippen LogP contribution is 2.46. The summed E-state index contributed by atoms with van der Waals surface area (Å²) in [5.74, 6) is -2.57. The second-order valence-corrected chi connectivity index (χ2v) is 7.26. The number of benzene rings is 1. The Morgan fingerprint density at radius 1 is 1.35 bits per heavy atom. The Bertz CT molecular complexity index is 865. The quantitative estimate of drug-likeness (QED) is 0.878. The third kappa shape index (κ3) is 3.07. The summed E-state index contributed by atoms with van der Waals surface area (Å²) in [5.41, 5.74) is -1.35. The molecule has 1 aromatic carbocycles. The summed E-state index contributed by atoms with van der Waals surface area (Å²) in [6.45, 7) is 0.700. The van der Waals surface area contributed by atoms with E-state index in [0.29, 0.717) is 11.3 Å². The number of rotatable bonds is 3. The molecule has 2 aromatic rings. The van der Waals surface area contributed by atoms with Crippen LogP contribution in [0.2, 0.25) is 0 Å². The molecule has 138 valence electrons. The fourth-order valence-corrected chi connectivity index (χ4v) is 3.62. The van der Waals surface area contributed by atoms with Gasteiger partial charge in [0.2, 0.25) is 0 Å². The molecule has 5 nitrogen and oxygen atoms in total. The standard InChI is InChI=1S/C17H15F3N2O3S/c1-10-21-13(8-26-10)11-3-2-4-12(7-11)14(23)22-6-5-16(9-22,15(24)25)17(18,19)20/h2-4,7-8H,5-6,9H2,1H3,(H,24,25). The number of alkyl halides is 3. The van der Waals surface area contributed by atoms with E-state index in [1.807, 2.05) is 12.3 Å². The van der Waals surface area contributed by atoms with Crippen molar-refractivity contribution >= 4 is 23.2 Å². The lowest BCUT2D eigenvalue weighted by Crippen LogP contribution is -2.47. The summed E-state index contributed by atoms with van der Waals surface area (Å²) < 4.78 is 39.8. The first-order chi connectivity index (χ1) is 12.1. The van der Waals surface area contributed by atoms with E-state index in [4.69, 9.17) is 5.11 Å². The number of hydrogen-bond acceptors (Lipinski definition) is 4. The zero-order valence-corrected chi connectivity index (χ0v) is 14.5. The summed E-state index contributed by atoms with van der Waals surface area (Å²) >= 11 is 1.45. The average molecular weight is 384 g/mol. The molecule has 1 N–H and O–H groups in total. The summed E-state index contributed by atoms with van der Waals surface area (Å²) in [4.78, 5) is 29.1. The molecular formula is C17H15F3N2O3S. The number of likely N-dealkylation sites (tertiary alicyclic amines) is 1. The zero-order valence-electron chi connectivity index (χ0n) is 13.7. The Balaban J connectivity index is 1.86. The van der Waals surface area contributed by atoms with Crippen LogP contribution in [-0.2, 0) is 4.79 Å². The molecule has 1 fully saturated rings. The van der Waals surface area contributed by atoms with Gasteiger partial charge in [0, 0.05) is 29.6 Å². The second-order valence-electron chi connectivity index (χ2n) is 6.19. The van der Waals surface area contributed by atoms with Crippen LogP contribution < -0.4 is 0 Å². The van der Waals surface area contributed by atoms with Crippen LogP contribution in [0.1, 0.15) is 21.8 Å². The number of carboxylic acid groups (broad SMARTS) is 1. The molecule has 1 saturated heterocycles. The Labute approximate surface area is 151 Å². The normalized spacial score (nSPS) is 20.4. The molecule has 1 aromatic heterocycles. The minimum absolute atomic E-state index is 0.205. The maximum absolute atomic E-state index is 13.3. The first kappa shape index (κ1) is 18.4. The van der Waals surface area contributed by atoms with Gasteiger partial charge >= 0.3 is 12.1 Å². The van der Waals surface area contributed by atoms with Crippen molar-refractivity contribution < 1.29 is 27.9 Å². The van der Waals surface area contributed by atoms with Crippen LogP contribution in [0.15, 0.2) is 29.6 Å². The number of aromatic nitrogens is 1. The monoisotopic (exact) mass is 384 g/mol. The Kier molecular flexibility index (Phi) is 4.51. The van der Waals surface area contributed by atoms with E-state index in [0.717, 1.165) is 9.91 Å². The molecular weight excluding hydrogens is 369 g/mol. The van der Waals surface area contributed by atoms with Crippen molar-refractivity contribution in [1.82, 2.24) is 9.88 Å². The van der Waals surface area contributed by atoms with Gasteiger partial charge in [-0.2, -0.15) is 13.2 Å². The van der Waals surface area contributed by atoms with Gasteiger partial charge in [-0.25, -0.2) is 4.98 Å². The summed E-state index contributed by atoms with van der Waals surface area (Å²) in [7, 11) is 0. The van der Waals surface area contributed by atoms with Gasteiger partial charge in [0.05, 0.1) is 10.7 Å². The molecule has 1 aliphatic rings. The molecule has 0 spiro atoms. The third-order valence-electron chi connectivity index (χ3n) is 4.53. The van der Waals surface area contributed by atoms with Crippen molar-refractivity contribution in [3.05, 3.63) is 40.2 Å². The highest BCUT2D eigenvalue weighted by Gasteiger charge is 2.64. The van der Waals surface area contributed by atoms with Gasteiger partial charge in [0.15, 0.2) is 5.41 Å². The van der Waals surface area contributed by atoms with Gasteiger partial charge in [-0.1, -0.05) is 12.1 Å². The Hall–Kier alpha value is -2.42. The van der Waals surface area contributed by atoms with E-state index in [2.05, 4.69) is 4.98 Å². The molecule has 1 atom stereocenters. The molecule has 0 radical (unpaired) electrons. The minimum atomic E-state index is -4.92. The number of amides is 1. The highest BCUT2D eigenvalue weighted by atomic mass is 32.1. The minimum Gasteiger partial charge on any atom is -0.481 e. The summed E-state index contributed by atoms with van der Waals surface area (Å²) in [5, 5.41) is 11.8. The zero-order chi connectivity index (χ0) is 19.1. The van der Waals surface area contributed by atoms with E-state index in [9.17, 15) is 22.8 Å². The fourth-order valence-electron chi connectivity index (χ4n) is 3.00. The van der Waals surface area contributed by atoms with E-state index in [1.54, 1.807) is 18.2 Å². The smallest absolute Gasteiger partial charge is 0.406 e. The molecule has 0 bridgehead atoms. The number of carbonyl (C=O) groups is 2. The van der Waals surface area contributed by atoms with Gasteiger partial charge in [-0.3, -0.25) is 9.59 Å². The van der Waals surface area contributed by atoms with Crippen molar-refractivity contribution in [1.29, 1.82) is 0 Å². The van der Waals surface area contributed by atoms with Crippen molar-refractivity contribution in [2.45, 2.75) is 19.5 Å². The van der Waals surface area contributed by atoms with Crippen LogP contribution in [0.3, 0.4) is 0 Å². The largest absolute Gasteiger partial charge is 0.481 e. The van der Waals surface area contributed by atoms with Crippen LogP contribution in [-0.4, -0.2) is 46.1 Å². The number of carbonyl (C=O) groups excluding carboxylic acids is 1. The number of aliphatic carboxylic acids is 1. The van der Waals surface area contributed by atoms with Crippen LogP contribution in [0.4, 0.5) is 13.2 Å². The topological polar surface area (TPSA) is 70.5 Å². The Morgan fingerprint density at radius 2 is 2.08 bits per heavy atom. The van der Waals surface area contributed by atoms with E-state index in [1.165, 1.54) is 17.4 Å². The maximum atomic E-state index is 13.3. The molecule has 1 aliphatic heterocycles. The van der Waals surface area contributed by atoms with Gasteiger partial charge in [-0.05, 0) is 25.5 Å². The average Bonchev–Trinajstić information content (AvgIpc) is 3.21. The molecule has 0 saturated carbocycles. The number of nitrogens with zero attached hydrogens (tertiary/aromatic N) is 2. The number of carboxylic acids is 1. The van der Waals surface area contributed by atoms with Crippen LogP contribution in [0.25, 0.3) is 11.3 Å². The molecule has 1 amide bonds. The molecule has 9 heteroatoms. The lowest BCUT2D eigenvalue weighted by molar-refractivity contribution is -0.227. The maximum Gasteiger partial charge on any atom is 0.406 e. The van der Waals surface area contributed by atoms with Gasteiger partial charge in [-0.15, -0.1) is 11.3 Å². The van der Waals surface area contributed by atoms with Gasteiger partial charge < -0.3 is 10.0 Å². The van der Waals surface area contributed by atoms with Gasteiger partial charge in [0.1, 0.15) is 0 Å². The molecule has 3 rings (SSSR count).